The highest BCUT2D eigenvalue weighted by Crippen LogP contribution is 2.15. The van der Waals surface area contributed by atoms with Gasteiger partial charge in [0, 0.05) is 0 Å². The Morgan fingerprint density at radius 2 is 0.364 bits per heavy atom. The van der Waals surface area contributed by atoms with Crippen LogP contribution in [0.4, 0.5) is 0 Å². The first-order valence-corrected chi connectivity index (χ1v) is 26.0. The van der Waals surface area contributed by atoms with Gasteiger partial charge < -0.3 is 4.90 Å². The van der Waals surface area contributed by atoms with Crippen molar-refractivity contribution in [2.75, 3.05) is 19.6 Å². The second kappa shape index (κ2) is 51.2. The fourth-order valence-corrected chi connectivity index (χ4v) is 8.08. The Bertz CT molecular complexity index is 648. The van der Waals surface area contributed by atoms with Gasteiger partial charge in [0.1, 0.15) is 0 Å². The molecule has 0 rings (SSSR count). The summed E-state index contributed by atoms with van der Waals surface area (Å²) in [6.45, 7) is 11.0. The molecule has 0 atom stereocenters. The number of hydrogen-bond donors (Lipinski definition) is 0. The van der Waals surface area contributed by atoms with E-state index >= 15 is 0 Å². The van der Waals surface area contributed by atoms with Crippen LogP contribution in [0, 0.1) is 0 Å². The minimum absolute atomic E-state index is 1.30. The zero-order chi connectivity index (χ0) is 39.6. The molecule has 0 aliphatic carbocycles. The van der Waals surface area contributed by atoms with Crippen LogP contribution in [-0.2, 0) is 0 Å². The van der Waals surface area contributed by atoms with Crippen molar-refractivity contribution in [1.29, 1.82) is 0 Å². The van der Waals surface area contributed by atoms with Gasteiger partial charge in [0.2, 0.25) is 0 Å². The number of nitrogens with zero attached hydrogens (tertiary/aromatic N) is 1. The molecule has 0 amide bonds. The van der Waals surface area contributed by atoms with Gasteiger partial charge in [0.15, 0.2) is 0 Å². The molecule has 0 unspecified atom stereocenters. The molecule has 1 nitrogen and oxygen atoms in total. The second-order valence-electron chi connectivity index (χ2n) is 17.7. The van der Waals surface area contributed by atoms with E-state index in [1.165, 1.54) is 289 Å². The van der Waals surface area contributed by atoms with Gasteiger partial charge >= 0.3 is 0 Å². The molecular weight excluding hydrogens is 663 g/mol. The Balaban J connectivity index is 4.05. The predicted octanol–water partition coefficient (Wildman–Crippen LogP) is 19.4. The van der Waals surface area contributed by atoms with E-state index in [4.69, 9.17) is 0 Å². The normalized spacial score (nSPS) is 12.2. The Labute approximate surface area is 350 Å². The van der Waals surface area contributed by atoms with E-state index in [-0.39, 0.29) is 0 Å². The van der Waals surface area contributed by atoms with Crippen molar-refractivity contribution in [2.24, 2.45) is 0 Å². The summed E-state index contributed by atoms with van der Waals surface area (Å²) in [6.07, 6.45) is 73.7. The molecule has 0 N–H and O–H groups in total. The Hall–Kier alpha value is -0.820. The fraction of sp³-hybridized carbons (Fsp3) is 0.889. The van der Waals surface area contributed by atoms with Crippen LogP contribution in [0.15, 0.2) is 36.5 Å². The van der Waals surface area contributed by atoms with Crippen LogP contribution in [-0.4, -0.2) is 24.5 Å². The van der Waals surface area contributed by atoms with E-state index in [1.807, 2.05) is 0 Å². The van der Waals surface area contributed by atoms with Crippen molar-refractivity contribution in [3.05, 3.63) is 36.5 Å². The molecular formula is C54H105N. The standard InChI is InChI=1S/C54H105N/c1-4-7-10-13-16-19-22-25-28-31-34-37-40-43-46-49-52-55(53-50-47-44-41-38-35-32-29-26-23-20-17-14-11-8-5-2)54-51-48-45-42-39-36-33-30-27-24-21-18-15-12-9-6-3/h25-30H,4-24,31-54H2,1-3H3/b28-25-,29-26?,30-27?. The summed E-state index contributed by atoms with van der Waals surface area (Å²) in [5.74, 6) is 0. The van der Waals surface area contributed by atoms with Gasteiger partial charge in [0.25, 0.3) is 0 Å². The molecule has 0 saturated carbocycles. The van der Waals surface area contributed by atoms with Gasteiger partial charge in [0.05, 0.1) is 0 Å². The molecule has 0 heterocycles. The molecule has 0 saturated heterocycles. The molecule has 0 aromatic carbocycles. The van der Waals surface area contributed by atoms with Crippen molar-refractivity contribution in [2.45, 2.75) is 290 Å². The highest BCUT2D eigenvalue weighted by atomic mass is 15.1. The van der Waals surface area contributed by atoms with Crippen molar-refractivity contribution in [1.82, 2.24) is 4.90 Å². The zero-order valence-electron chi connectivity index (χ0n) is 38.7. The molecule has 0 aliphatic rings. The van der Waals surface area contributed by atoms with E-state index in [9.17, 15) is 0 Å². The van der Waals surface area contributed by atoms with Gasteiger partial charge in [-0.25, -0.2) is 0 Å². The van der Waals surface area contributed by atoms with E-state index < -0.39 is 0 Å². The van der Waals surface area contributed by atoms with Crippen LogP contribution in [0.25, 0.3) is 0 Å². The third-order valence-electron chi connectivity index (χ3n) is 12.0. The molecule has 0 aromatic rings. The maximum atomic E-state index is 2.86. The molecule has 0 radical (unpaired) electrons. The first-order valence-electron chi connectivity index (χ1n) is 26.0. The molecule has 0 spiro atoms. The minimum atomic E-state index is 1.30. The molecule has 55 heavy (non-hydrogen) atoms. The largest absolute Gasteiger partial charge is 0.303 e. The van der Waals surface area contributed by atoms with Crippen molar-refractivity contribution < 1.29 is 0 Å². The first-order chi connectivity index (χ1) is 27.3. The van der Waals surface area contributed by atoms with Crippen LogP contribution >= 0.6 is 0 Å². The van der Waals surface area contributed by atoms with E-state index in [0.717, 1.165) is 0 Å². The summed E-state index contributed by atoms with van der Waals surface area (Å²) >= 11 is 0. The van der Waals surface area contributed by atoms with Crippen molar-refractivity contribution >= 4 is 0 Å². The highest BCUT2D eigenvalue weighted by Gasteiger charge is 2.05. The molecule has 0 bridgehead atoms. The quantitative estimate of drug-likeness (QED) is 0.0440. The average molecular weight is 768 g/mol. The Morgan fingerprint density at radius 1 is 0.200 bits per heavy atom. The molecule has 1 heteroatoms. The zero-order valence-corrected chi connectivity index (χ0v) is 38.7. The third kappa shape index (κ3) is 49.3. The Morgan fingerprint density at radius 3 is 0.564 bits per heavy atom. The number of allylic oxidation sites excluding steroid dienone is 6. The van der Waals surface area contributed by atoms with Gasteiger partial charge in [-0.15, -0.1) is 0 Å². The monoisotopic (exact) mass is 768 g/mol. The highest BCUT2D eigenvalue weighted by molar-refractivity contribution is 4.82. The summed E-state index contributed by atoms with van der Waals surface area (Å²) in [5, 5.41) is 0. The summed E-state index contributed by atoms with van der Waals surface area (Å²) in [7, 11) is 0. The average Bonchev–Trinajstić information content (AvgIpc) is 3.20. The second-order valence-corrected chi connectivity index (χ2v) is 17.7. The fourth-order valence-electron chi connectivity index (χ4n) is 8.08. The van der Waals surface area contributed by atoms with Crippen LogP contribution in [0.2, 0.25) is 0 Å². The summed E-state index contributed by atoms with van der Waals surface area (Å²) in [6, 6.07) is 0. The van der Waals surface area contributed by atoms with Crippen LogP contribution < -0.4 is 0 Å². The smallest absolute Gasteiger partial charge is 0.00187 e. The lowest BCUT2D eigenvalue weighted by molar-refractivity contribution is 0.254. The van der Waals surface area contributed by atoms with Crippen LogP contribution in [0.3, 0.4) is 0 Å². The molecule has 0 fully saturated rings. The van der Waals surface area contributed by atoms with Crippen molar-refractivity contribution in [3.63, 3.8) is 0 Å². The summed E-state index contributed by atoms with van der Waals surface area (Å²) in [4.78, 5) is 2.86. The topological polar surface area (TPSA) is 3.24 Å². The maximum Gasteiger partial charge on any atom is -0.00187 e. The van der Waals surface area contributed by atoms with E-state index in [2.05, 4.69) is 62.1 Å². The SMILES string of the molecule is CCCCCCCCC=CCCCCCCCCN(CCCCCCCCC=CCCCCCCCC)CCCCCCCC/C=C\CCCCCCCC. The summed E-state index contributed by atoms with van der Waals surface area (Å²) < 4.78 is 0. The lowest BCUT2D eigenvalue weighted by atomic mass is 10.1. The lowest BCUT2D eigenvalue weighted by Crippen LogP contribution is -2.27. The molecule has 0 aromatic heterocycles. The number of rotatable bonds is 48. The van der Waals surface area contributed by atoms with Crippen LogP contribution in [0.1, 0.15) is 290 Å². The van der Waals surface area contributed by atoms with Gasteiger partial charge in [-0.3, -0.25) is 0 Å². The predicted molar refractivity (Wildman–Crippen MR) is 255 cm³/mol. The van der Waals surface area contributed by atoms with Gasteiger partial charge in [-0.2, -0.15) is 0 Å². The van der Waals surface area contributed by atoms with Gasteiger partial charge in [-0.05, 0) is 116 Å². The number of unbranched alkanes of at least 4 members (excludes halogenated alkanes) is 36. The maximum absolute atomic E-state index is 2.86. The molecule has 0 aliphatic heterocycles. The van der Waals surface area contributed by atoms with E-state index in [0.29, 0.717) is 0 Å². The Kier molecular flexibility index (Phi) is 50.4. The number of hydrogen-bond acceptors (Lipinski definition) is 1. The van der Waals surface area contributed by atoms with Crippen LogP contribution in [0.5, 0.6) is 0 Å². The van der Waals surface area contributed by atoms with E-state index in [1.54, 1.807) is 0 Å². The first kappa shape index (κ1) is 54.2. The van der Waals surface area contributed by atoms with Gasteiger partial charge in [-0.1, -0.05) is 231 Å². The third-order valence-corrected chi connectivity index (χ3v) is 12.0. The summed E-state index contributed by atoms with van der Waals surface area (Å²) in [5.41, 5.74) is 0. The minimum Gasteiger partial charge on any atom is -0.303 e. The van der Waals surface area contributed by atoms with Crippen molar-refractivity contribution in [3.8, 4) is 0 Å². The lowest BCUT2D eigenvalue weighted by Gasteiger charge is -2.22. The molecule has 326 valence electrons.